The highest BCUT2D eigenvalue weighted by molar-refractivity contribution is 7.92. The van der Waals surface area contributed by atoms with Crippen LogP contribution in [-0.2, 0) is 10.0 Å². The summed E-state index contributed by atoms with van der Waals surface area (Å²) in [6, 6.07) is 17.2. The third-order valence-electron chi connectivity index (χ3n) is 3.86. The molecule has 0 heterocycles. The van der Waals surface area contributed by atoms with Gasteiger partial charge in [-0.05, 0) is 42.5 Å². The third kappa shape index (κ3) is 4.89. The van der Waals surface area contributed by atoms with E-state index in [-0.39, 0.29) is 26.9 Å². The number of nitro benzene ring substituents is 1. The van der Waals surface area contributed by atoms with Gasteiger partial charge in [0.05, 0.1) is 20.5 Å². The monoisotopic (exact) mass is 431 g/mol. The summed E-state index contributed by atoms with van der Waals surface area (Å²) in [5, 5.41) is 13.6. The van der Waals surface area contributed by atoms with Gasteiger partial charge in [-0.25, -0.2) is 8.42 Å². The molecule has 1 amide bonds. The molecule has 0 bridgehead atoms. The van der Waals surface area contributed by atoms with E-state index >= 15 is 0 Å². The van der Waals surface area contributed by atoms with Crippen molar-refractivity contribution < 1.29 is 18.1 Å². The van der Waals surface area contributed by atoms with Gasteiger partial charge in [-0.2, -0.15) is 0 Å². The van der Waals surface area contributed by atoms with Crippen LogP contribution < -0.4 is 10.0 Å². The fourth-order valence-electron chi connectivity index (χ4n) is 2.43. The van der Waals surface area contributed by atoms with Gasteiger partial charge in [0.25, 0.3) is 21.6 Å². The van der Waals surface area contributed by atoms with Gasteiger partial charge in [-0.3, -0.25) is 19.6 Å². The molecule has 0 aliphatic heterocycles. The van der Waals surface area contributed by atoms with Crippen molar-refractivity contribution in [2.75, 3.05) is 10.0 Å². The van der Waals surface area contributed by atoms with E-state index < -0.39 is 20.9 Å². The summed E-state index contributed by atoms with van der Waals surface area (Å²) in [4.78, 5) is 22.5. The number of sulfonamides is 1. The lowest BCUT2D eigenvalue weighted by atomic mass is 10.2. The molecule has 148 valence electrons. The molecule has 29 heavy (non-hydrogen) atoms. The molecule has 3 aromatic rings. The Kier molecular flexibility index (Phi) is 5.81. The highest BCUT2D eigenvalue weighted by Crippen LogP contribution is 2.24. The molecule has 0 spiro atoms. The van der Waals surface area contributed by atoms with Gasteiger partial charge in [-0.1, -0.05) is 29.8 Å². The van der Waals surface area contributed by atoms with E-state index in [2.05, 4.69) is 10.0 Å². The fraction of sp³-hybridized carbons (Fsp3) is 0. The van der Waals surface area contributed by atoms with Gasteiger partial charge in [0, 0.05) is 23.4 Å². The van der Waals surface area contributed by atoms with Crippen molar-refractivity contribution in [3.63, 3.8) is 0 Å². The molecule has 0 saturated carbocycles. The first kappa shape index (κ1) is 20.3. The Morgan fingerprint density at radius 1 is 0.966 bits per heavy atom. The summed E-state index contributed by atoms with van der Waals surface area (Å²) in [5.74, 6) is -0.557. The Bertz CT molecular complexity index is 1180. The number of para-hydroxylation sites is 1. The van der Waals surface area contributed by atoms with E-state index in [9.17, 15) is 23.3 Å². The first-order valence-corrected chi connectivity index (χ1v) is 10.1. The first-order chi connectivity index (χ1) is 13.8. The zero-order valence-corrected chi connectivity index (χ0v) is 16.3. The summed E-state index contributed by atoms with van der Waals surface area (Å²) in [6.45, 7) is 0. The molecular formula is C19H14ClN3O5S. The lowest BCUT2D eigenvalue weighted by molar-refractivity contribution is -0.384. The highest BCUT2D eigenvalue weighted by Gasteiger charge is 2.16. The smallest absolute Gasteiger partial charge is 0.270 e. The van der Waals surface area contributed by atoms with Crippen LogP contribution in [0.15, 0.2) is 77.7 Å². The van der Waals surface area contributed by atoms with E-state index in [0.29, 0.717) is 5.69 Å². The minimum Gasteiger partial charge on any atom is -0.322 e. The number of hydrogen-bond donors (Lipinski definition) is 2. The first-order valence-electron chi connectivity index (χ1n) is 8.19. The standard InChI is InChI=1S/C19H14ClN3O5S/c20-17-6-1-2-7-18(17)22-29(27,28)16-10-8-14(9-11-16)21-19(24)13-4-3-5-15(12-13)23(25)26/h1-12,22H,(H,21,24). The van der Waals surface area contributed by atoms with E-state index in [1.807, 2.05) is 0 Å². The summed E-state index contributed by atoms with van der Waals surface area (Å²) in [7, 11) is -3.87. The second-order valence-electron chi connectivity index (χ2n) is 5.87. The molecule has 0 aliphatic carbocycles. The second-order valence-corrected chi connectivity index (χ2v) is 7.96. The van der Waals surface area contributed by atoms with Crippen molar-refractivity contribution in [3.8, 4) is 0 Å². The van der Waals surface area contributed by atoms with Gasteiger partial charge in [-0.15, -0.1) is 0 Å². The van der Waals surface area contributed by atoms with Gasteiger partial charge in [0.15, 0.2) is 0 Å². The average molecular weight is 432 g/mol. The second kappa shape index (κ2) is 8.29. The normalized spacial score (nSPS) is 10.9. The minimum atomic E-state index is -3.87. The molecule has 2 N–H and O–H groups in total. The summed E-state index contributed by atoms with van der Waals surface area (Å²) < 4.78 is 27.4. The lowest BCUT2D eigenvalue weighted by Crippen LogP contribution is -2.14. The van der Waals surface area contributed by atoms with E-state index in [4.69, 9.17) is 11.6 Å². The molecule has 0 aliphatic rings. The van der Waals surface area contributed by atoms with Gasteiger partial charge in [0.2, 0.25) is 0 Å². The van der Waals surface area contributed by atoms with Crippen molar-refractivity contribution >= 4 is 44.6 Å². The molecule has 0 unspecified atom stereocenters. The number of hydrogen-bond acceptors (Lipinski definition) is 5. The molecule has 0 aromatic heterocycles. The number of rotatable bonds is 6. The van der Waals surface area contributed by atoms with Crippen LogP contribution in [-0.4, -0.2) is 19.2 Å². The zero-order chi connectivity index (χ0) is 21.0. The Balaban J connectivity index is 1.74. The van der Waals surface area contributed by atoms with E-state index in [0.717, 1.165) is 6.07 Å². The Hall–Kier alpha value is -3.43. The highest BCUT2D eigenvalue weighted by atomic mass is 35.5. The number of benzene rings is 3. The number of carbonyl (C=O) groups excluding carboxylic acids is 1. The summed E-state index contributed by atoms with van der Waals surface area (Å²) in [5.41, 5.74) is 0.483. The van der Waals surface area contributed by atoms with Gasteiger partial charge in [0.1, 0.15) is 0 Å². The fourth-order valence-corrected chi connectivity index (χ4v) is 3.75. The lowest BCUT2D eigenvalue weighted by Gasteiger charge is -2.10. The zero-order valence-electron chi connectivity index (χ0n) is 14.7. The molecule has 0 saturated heterocycles. The molecule has 8 nitrogen and oxygen atoms in total. The van der Waals surface area contributed by atoms with Crippen molar-refractivity contribution in [2.24, 2.45) is 0 Å². The van der Waals surface area contributed by atoms with Crippen molar-refractivity contribution in [1.29, 1.82) is 0 Å². The molecular weight excluding hydrogens is 418 g/mol. The number of non-ortho nitro benzene ring substituents is 1. The number of nitro groups is 1. The number of nitrogens with one attached hydrogen (secondary N) is 2. The van der Waals surface area contributed by atoms with Crippen LogP contribution in [0.2, 0.25) is 5.02 Å². The average Bonchev–Trinajstić information content (AvgIpc) is 2.70. The van der Waals surface area contributed by atoms with Crippen LogP contribution in [0.3, 0.4) is 0 Å². The number of anilines is 2. The largest absolute Gasteiger partial charge is 0.322 e. The van der Waals surface area contributed by atoms with E-state index in [1.54, 1.807) is 18.2 Å². The quantitative estimate of drug-likeness (QED) is 0.445. The molecule has 3 aromatic carbocycles. The molecule has 0 fully saturated rings. The number of nitrogens with zero attached hydrogens (tertiary/aromatic N) is 1. The topological polar surface area (TPSA) is 118 Å². The SMILES string of the molecule is O=C(Nc1ccc(S(=O)(=O)Nc2ccccc2Cl)cc1)c1cccc([N+](=O)[O-])c1. The molecule has 10 heteroatoms. The van der Waals surface area contributed by atoms with Crippen molar-refractivity contribution in [3.05, 3.63) is 93.5 Å². The number of halogens is 1. The van der Waals surface area contributed by atoms with Crippen LogP contribution in [0.4, 0.5) is 17.1 Å². The van der Waals surface area contributed by atoms with E-state index in [1.165, 1.54) is 48.5 Å². The Morgan fingerprint density at radius 2 is 1.66 bits per heavy atom. The van der Waals surface area contributed by atoms with Crippen molar-refractivity contribution in [2.45, 2.75) is 4.90 Å². The summed E-state index contributed by atoms with van der Waals surface area (Å²) in [6.07, 6.45) is 0. The van der Waals surface area contributed by atoms with Crippen LogP contribution in [0, 0.1) is 10.1 Å². The number of amides is 1. The molecule has 0 atom stereocenters. The van der Waals surface area contributed by atoms with Crippen LogP contribution in [0.5, 0.6) is 0 Å². The molecule has 3 rings (SSSR count). The maximum absolute atomic E-state index is 12.5. The van der Waals surface area contributed by atoms with Gasteiger partial charge < -0.3 is 5.32 Å². The van der Waals surface area contributed by atoms with Crippen molar-refractivity contribution in [1.82, 2.24) is 0 Å². The van der Waals surface area contributed by atoms with Crippen LogP contribution >= 0.6 is 11.6 Å². The third-order valence-corrected chi connectivity index (χ3v) is 5.57. The van der Waals surface area contributed by atoms with Crippen LogP contribution in [0.1, 0.15) is 10.4 Å². The Labute approximate surface area is 171 Å². The minimum absolute atomic E-state index is 0.0224. The van der Waals surface area contributed by atoms with Crippen LogP contribution in [0.25, 0.3) is 0 Å². The predicted molar refractivity (Wildman–Crippen MR) is 110 cm³/mol. The van der Waals surface area contributed by atoms with Gasteiger partial charge >= 0.3 is 0 Å². The number of carbonyl (C=O) groups is 1. The maximum atomic E-state index is 12.5. The predicted octanol–water partition coefficient (Wildman–Crippen LogP) is 4.30. The maximum Gasteiger partial charge on any atom is 0.270 e. The molecule has 0 radical (unpaired) electrons. The Morgan fingerprint density at radius 3 is 2.31 bits per heavy atom. The summed E-state index contributed by atoms with van der Waals surface area (Å²) >= 11 is 5.97.